The normalized spacial score (nSPS) is 13.5. The Labute approximate surface area is 134 Å². The van der Waals surface area contributed by atoms with E-state index in [1.165, 1.54) is 0 Å². The van der Waals surface area contributed by atoms with Crippen LogP contribution in [-0.4, -0.2) is 23.0 Å². The summed E-state index contributed by atoms with van der Waals surface area (Å²) in [6, 6.07) is 7.97. The third-order valence-corrected chi connectivity index (χ3v) is 3.89. The Morgan fingerprint density at radius 1 is 1.24 bits per heavy atom. The smallest absolute Gasteiger partial charge is 0.303 e. The number of nitrogens with one attached hydrogen (secondary N) is 1. The number of carboxylic acid groups (broad SMARTS) is 1. The second kappa shape index (κ2) is 8.82. The third-order valence-electron chi connectivity index (χ3n) is 3.37. The minimum absolute atomic E-state index is 0.00763. The molecule has 2 atom stereocenters. The Balaban J connectivity index is 2.35. The van der Waals surface area contributed by atoms with Crippen molar-refractivity contribution >= 4 is 27.8 Å². The molecule has 1 aromatic rings. The molecule has 0 fully saturated rings. The monoisotopic (exact) mass is 355 g/mol. The van der Waals surface area contributed by atoms with Gasteiger partial charge in [-0.15, -0.1) is 0 Å². The van der Waals surface area contributed by atoms with E-state index in [2.05, 4.69) is 21.2 Å². The first-order chi connectivity index (χ1) is 9.88. The van der Waals surface area contributed by atoms with E-state index in [0.717, 1.165) is 10.0 Å². The van der Waals surface area contributed by atoms with Crippen LogP contribution in [0.15, 0.2) is 28.7 Å². The summed E-state index contributed by atoms with van der Waals surface area (Å²) in [4.78, 5) is 22.4. The van der Waals surface area contributed by atoms with Gasteiger partial charge in [-0.05, 0) is 43.4 Å². The molecule has 21 heavy (non-hydrogen) atoms. The average Bonchev–Trinajstić information content (AvgIpc) is 2.38. The molecule has 1 rings (SSSR count). The summed E-state index contributed by atoms with van der Waals surface area (Å²) in [6.45, 7) is 3.93. The standard InChI is InChI=1S/C16H22BrNO3/c1-11(13-6-8-14(17)9-7-13)10-15(19)18-12(2)4-3-5-16(20)21/h6-9,11-12H,3-5,10H2,1-2H3,(H,18,19)(H,20,21). The van der Waals surface area contributed by atoms with Gasteiger partial charge in [-0.3, -0.25) is 9.59 Å². The van der Waals surface area contributed by atoms with Crippen LogP contribution in [0.3, 0.4) is 0 Å². The first-order valence-corrected chi connectivity index (χ1v) is 7.94. The summed E-state index contributed by atoms with van der Waals surface area (Å²) in [7, 11) is 0. The number of hydrogen-bond acceptors (Lipinski definition) is 2. The molecule has 1 aromatic carbocycles. The average molecular weight is 356 g/mol. The zero-order valence-corrected chi connectivity index (χ0v) is 14.0. The largest absolute Gasteiger partial charge is 0.481 e. The molecule has 0 spiro atoms. The van der Waals surface area contributed by atoms with Gasteiger partial charge in [0.2, 0.25) is 5.91 Å². The predicted molar refractivity (Wildman–Crippen MR) is 86.3 cm³/mol. The van der Waals surface area contributed by atoms with Gasteiger partial charge in [0.15, 0.2) is 0 Å². The van der Waals surface area contributed by atoms with Crippen LogP contribution >= 0.6 is 15.9 Å². The SMILES string of the molecule is CC(CCCC(=O)O)NC(=O)CC(C)c1ccc(Br)cc1. The summed E-state index contributed by atoms with van der Waals surface area (Å²) in [5.41, 5.74) is 1.13. The highest BCUT2D eigenvalue weighted by molar-refractivity contribution is 9.10. The zero-order chi connectivity index (χ0) is 15.8. The van der Waals surface area contributed by atoms with Crippen LogP contribution in [-0.2, 0) is 9.59 Å². The summed E-state index contributed by atoms with van der Waals surface area (Å²) in [5.74, 6) is -0.630. The van der Waals surface area contributed by atoms with Crippen molar-refractivity contribution in [3.8, 4) is 0 Å². The number of aliphatic carboxylic acids is 1. The molecule has 0 bridgehead atoms. The molecule has 0 aromatic heterocycles. The maximum atomic E-state index is 12.0. The summed E-state index contributed by atoms with van der Waals surface area (Å²) >= 11 is 3.39. The van der Waals surface area contributed by atoms with Crippen LogP contribution in [0.4, 0.5) is 0 Å². The van der Waals surface area contributed by atoms with E-state index in [1.54, 1.807) is 0 Å². The third kappa shape index (κ3) is 7.27. The molecule has 0 heterocycles. The van der Waals surface area contributed by atoms with Gasteiger partial charge in [0.25, 0.3) is 0 Å². The second-order valence-corrected chi connectivity index (χ2v) is 6.33. The Bertz CT molecular complexity index is 473. The highest BCUT2D eigenvalue weighted by Gasteiger charge is 2.13. The van der Waals surface area contributed by atoms with Gasteiger partial charge in [0, 0.05) is 23.4 Å². The van der Waals surface area contributed by atoms with E-state index in [1.807, 2.05) is 38.1 Å². The Morgan fingerprint density at radius 3 is 2.43 bits per heavy atom. The topological polar surface area (TPSA) is 66.4 Å². The number of carboxylic acids is 1. The van der Waals surface area contributed by atoms with Crippen LogP contribution in [0.5, 0.6) is 0 Å². The number of carbonyl (C=O) groups is 2. The molecular formula is C16H22BrNO3. The highest BCUT2D eigenvalue weighted by Crippen LogP contribution is 2.21. The summed E-state index contributed by atoms with van der Waals surface area (Å²) < 4.78 is 1.02. The molecule has 0 saturated heterocycles. The van der Waals surface area contributed by atoms with Crippen molar-refractivity contribution in [3.63, 3.8) is 0 Å². The molecule has 0 saturated carbocycles. The molecule has 116 valence electrons. The number of hydrogen-bond donors (Lipinski definition) is 2. The Morgan fingerprint density at radius 2 is 1.86 bits per heavy atom. The van der Waals surface area contributed by atoms with Crippen molar-refractivity contribution in [1.82, 2.24) is 5.32 Å². The van der Waals surface area contributed by atoms with Crippen molar-refractivity contribution in [2.24, 2.45) is 0 Å². The predicted octanol–water partition coefficient (Wildman–Crippen LogP) is 3.70. The van der Waals surface area contributed by atoms with Crippen molar-refractivity contribution in [1.29, 1.82) is 0 Å². The minimum Gasteiger partial charge on any atom is -0.481 e. The molecule has 2 unspecified atom stereocenters. The molecule has 1 amide bonds. The molecule has 0 aliphatic rings. The Kier molecular flexibility index (Phi) is 7.43. The maximum Gasteiger partial charge on any atom is 0.303 e. The number of carbonyl (C=O) groups excluding carboxylic acids is 1. The fraction of sp³-hybridized carbons (Fsp3) is 0.500. The molecule has 0 aliphatic heterocycles. The van der Waals surface area contributed by atoms with E-state index < -0.39 is 5.97 Å². The molecule has 4 nitrogen and oxygen atoms in total. The molecule has 2 N–H and O–H groups in total. The van der Waals surface area contributed by atoms with Gasteiger partial charge in [0.05, 0.1) is 0 Å². The fourth-order valence-corrected chi connectivity index (χ4v) is 2.42. The van der Waals surface area contributed by atoms with Crippen LogP contribution in [0.25, 0.3) is 0 Å². The van der Waals surface area contributed by atoms with Crippen LogP contribution in [0.1, 0.15) is 51.0 Å². The molecule has 5 heteroatoms. The van der Waals surface area contributed by atoms with Crippen LogP contribution in [0.2, 0.25) is 0 Å². The first kappa shape index (κ1) is 17.7. The van der Waals surface area contributed by atoms with E-state index in [0.29, 0.717) is 19.3 Å². The fourth-order valence-electron chi connectivity index (χ4n) is 2.15. The lowest BCUT2D eigenvalue weighted by molar-refractivity contribution is -0.137. The van der Waals surface area contributed by atoms with E-state index in [9.17, 15) is 9.59 Å². The highest BCUT2D eigenvalue weighted by atomic mass is 79.9. The number of amides is 1. The lowest BCUT2D eigenvalue weighted by atomic mass is 9.97. The van der Waals surface area contributed by atoms with Crippen LogP contribution < -0.4 is 5.32 Å². The van der Waals surface area contributed by atoms with E-state index in [-0.39, 0.29) is 24.3 Å². The molecule has 0 aliphatic carbocycles. The first-order valence-electron chi connectivity index (χ1n) is 7.15. The van der Waals surface area contributed by atoms with Gasteiger partial charge >= 0.3 is 5.97 Å². The van der Waals surface area contributed by atoms with Crippen LogP contribution in [0, 0.1) is 0 Å². The minimum atomic E-state index is -0.794. The van der Waals surface area contributed by atoms with E-state index in [4.69, 9.17) is 5.11 Å². The van der Waals surface area contributed by atoms with Gasteiger partial charge in [-0.1, -0.05) is 35.0 Å². The Hall–Kier alpha value is -1.36. The van der Waals surface area contributed by atoms with Gasteiger partial charge < -0.3 is 10.4 Å². The van der Waals surface area contributed by atoms with Crippen molar-refractivity contribution < 1.29 is 14.7 Å². The van der Waals surface area contributed by atoms with Gasteiger partial charge in [-0.25, -0.2) is 0 Å². The molecule has 0 radical (unpaired) electrons. The van der Waals surface area contributed by atoms with Crippen molar-refractivity contribution in [2.45, 2.75) is 51.5 Å². The number of rotatable bonds is 8. The second-order valence-electron chi connectivity index (χ2n) is 5.41. The zero-order valence-electron chi connectivity index (χ0n) is 12.4. The van der Waals surface area contributed by atoms with Gasteiger partial charge in [0.1, 0.15) is 0 Å². The molecular weight excluding hydrogens is 334 g/mol. The van der Waals surface area contributed by atoms with E-state index >= 15 is 0 Å². The summed E-state index contributed by atoms with van der Waals surface area (Å²) in [6.07, 6.45) is 1.85. The quantitative estimate of drug-likeness (QED) is 0.746. The lowest BCUT2D eigenvalue weighted by Crippen LogP contribution is -2.33. The van der Waals surface area contributed by atoms with Crippen molar-refractivity contribution in [2.75, 3.05) is 0 Å². The number of halogens is 1. The lowest BCUT2D eigenvalue weighted by Gasteiger charge is -2.16. The van der Waals surface area contributed by atoms with Crippen molar-refractivity contribution in [3.05, 3.63) is 34.3 Å². The summed E-state index contributed by atoms with van der Waals surface area (Å²) in [5, 5.41) is 11.5. The van der Waals surface area contributed by atoms with Gasteiger partial charge in [-0.2, -0.15) is 0 Å². The number of benzene rings is 1. The maximum absolute atomic E-state index is 12.0.